The first kappa shape index (κ1) is 25.6. The molecule has 2 aromatic carbocycles. The molecule has 2 heterocycles. The van der Waals surface area contributed by atoms with E-state index >= 15 is 0 Å². The molecule has 1 atom stereocenters. The average Bonchev–Trinajstić information content (AvgIpc) is 3.49. The molecule has 1 saturated heterocycles. The van der Waals surface area contributed by atoms with Crippen molar-refractivity contribution < 1.29 is 4.79 Å². The fourth-order valence-corrected chi connectivity index (χ4v) is 5.60. The van der Waals surface area contributed by atoms with Crippen LogP contribution in [0.1, 0.15) is 92.2 Å². The van der Waals surface area contributed by atoms with E-state index in [0.29, 0.717) is 18.4 Å². The van der Waals surface area contributed by atoms with Gasteiger partial charge in [0.2, 0.25) is 0 Å². The van der Waals surface area contributed by atoms with Gasteiger partial charge in [-0.1, -0.05) is 88.0 Å². The quantitative estimate of drug-likeness (QED) is 0.239. The van der Waals surface area contributed by atoms with Crippen molar-refractivity contribution >= 4 is 17.5 Å². The topological polar surface area (TPSA) is 51.0 Å². The third kappa shape index (κ3) is 6.22. The number of hydrogen-bond acceptors (Lipinski definition) is 5. The Hall–Kier alpha value is -2.44. The molecule has 0 radical (unpaired) electrons. The number of ketones is 1. The van der Waals surface area contributed by atoms with Crippen molar-refractivity contribution in [1.82, 2.24) is 19.7 Å². The van der Waals surface area contributed by atoms with E-state index in [-0.39, 0.29) is 11.0 Å². The lowest BCUT2D eigenvalue weighted by atomic mass is 9.89. The molecule has 1 aliphatic heterocycles. The zero-order valence-electron chi connectivity index (χ0n) is 21.7. The molecule has 0 N–H and O–H groups in total. The van der Waals surface area contributed by atoms with Crippen LogP contribution in [0.25, 0.3) is 0 Å². The molecule has 1 aliphatic rings. The molecule has 0 unspecified atom stereocenters. The lowest BCUT2D eigenvalue weighted by Crippen LogP contribution is -2.22. The Kier molecular flexibility index (Phi) is 8.45. The summed E-state index contributed by atoms with van der Waals surface area (Å²) in [7, 11) is 0. The molecule has 5 nitrogen and oxygen atoms in total. The maximum absolute atomic E-state index is 13.6. The number of aromatic nitrogens is 3. The van der Waals surface area contributed by atoms with Crippen LogP contribution in [0.3, 0.4) is 0 Å². The van der Waals surface area contributed by atoms with E-state index in [1.165, 1.54) is 35.7 Å². The summed E-state index contributed by atoms with van der Waals surface area (Å²) in [4.78, 5) is 16.1. The van der Waals surface area contributed by atoms with Crippen LogP contribution in [0, 0.1) is 0 Å². The molecule has 0 amide bonds. The van der Waals surface area contributed by atoms with Gasteiger partial charge in [-0.2, -0.15) is 0 Å². The number of likely N-dealkylation sites (tertiary alicyclic amines) is 1. The molecule has 6 heteroatoms. The molecule has 1 aromatic heterocycles. The van der Waals surface area contributed by atoms with Crippen LogP contribution >= 0.6 is 11.8 Å². The maximum Gasteiger partial charge on any atom is 0.192 e. The summed E-state index contributed by atoms with van der Waals surface area (Å²) < 4.78 is 2.20. The summed E-state index contributed by atoms with van der Waals surface area (Å²) in [5.74, 6) is 1.86. The third-order valence-corrected chi connectivity index (χ3v) is 7.90. The molecule has 3 aromatic rings. The summed E-state index contributed by atoms with van der Waals surface area (Å²) in [6.07, 6.45) is 2.49. The number of benzene rings is 2. The summed E-state index contributed by atoms with van der Waals surface area (Å²) in [6, 6.07) is 16.8. The molecule has 0 spiro atoms. The molecule has 186 valence electrons. The lowest BCUT2D eigenvalue weighted by Gasteiger charge is -2.19. The minimum atomic E-state index is -0.254. The number of nitrogens with zero attached hydrogens (tertiary/aromatic N) is 4. The first-order valence-electron chi connectivity index (χ1n) is 12.9. The summed E-state index contributed by atoms with van der Waals surface area (Å²) in [5.41, 5.74) is 4.45. The summed E-state index contributed by atoms with van der Waals surface area (Å²) in [6.45, 7) is 14.4. The summed E-state index contributed by atoms with van der Waals surface area (Å²) in [5, 5.41) is 9.70. The minimum Gasteiger partial charge on any atom is -0.300 e. The Morgan fingerprint density at radius 3 is 2.29 bits per heavy atom. The monoisotopic (exact) mass is 490 g/mol. The Labute approximate surface area is 214 Å². The number of carbonyl (C=O) groups is 1. The highest BCUT2D eigenvalue weighted by molar-refractivity contribution is 8.00. The van der Waals surface area contributed by atoms with Crippen molar-refractivity contribution in [2.24, 2.45) is 0 Å². The van der Waals surface area contributed by atoms with E-state index in [2.05, 4.69) is 83.8 Å². The Balaban J connectivity index is 1.59. The van der Waals surface area contributed by atoms with Crippen molar-refractivity contribution in [3.63, 3.8) is 0 Å². The zero-order chi connectivity index (χ0) is 24.9. The number of rotatable bonds is 10. The molecular formula is C29H38N4OS. The van der Waals surface area contributed by atoms with Crippen molar-refractivity contribution in [1.29, 1.82) is 0 Å². The second-order valence-corrected chi connectivity index (χ2v) is 11.5. The molecule has 0 saturated carbocycles. The van der Waals surface area contributed by atoms with Crippen molar-refractivity contribution in [3.8, 4) is 0 Å². The molecule has 4 rings (SSSR count). The van der Waals surface area contributed by atoms with Gasteiger partial charge in [0, 0.05) is 5.56 Å². The second-order valence-electron chi connectivity index (χ2n) is 10.2. The van der Waals surface area contributed by atoms with Gasteiger partial charge < -0.3 is 4.57 Å². The van der Waals surface area contributed by atoms with Gasteiger partial charge in [-0.15, -0.1) is 10.2 Å². The van der Waals surface area contributed by atoms with Gasteiger partial charge in [0.15, 0.2) is 10.9 Å². The van der Waals surface area contributed by atoms with Gasteiger partial charge in [-0.25, -0.2) is 0 Å². The maximum atomic E-state index is 13.6. The normalized spacial score (nSPS) is 15.3. The highest BCUT2D eigenvalue weighted by Crippen LogP contribution is 2.31. The molecule has 1 fully saturated rings. The van der Waals surface area contributed by atoms with Gasteiger partial charge >= 0.3 is 0 Å². The smallest absolute Gasteiger partial charge is 0.192 e. The average molecular weight is 491 g/mol. The van der Waals surface area contributed by atoms with Crippen molar-refractivity contribution in [3.05, 3.63) is 76.6 Å². The molecule has 35 heavy (non-hydrogen) atoms. The van der Waals surface area contributed by atoms with E-state index in [1.54, 1.807) is 0 Å². The number of Topliss-reactive ketones (excluding diaryl/α,β-unsaturated/α-hetero) is 1. The fourth-order valence-electron chi connectivity index (χ4n) is 4.66. The van der Waals surface area contributed by atoms with Crippen molar-refractivity contribution in [2.45, 2.75) is 82.8 Å². The predicted molar refractivity (Wildman–Crippen MR) is 144 cm³/mol. The first-order valence-corrected chi connectivity index (χ1v) is 13.7. The van der Waals surface area contributed by atoms with Crippen LogP contribution in [0.15, 0.2) is 53.7 Å². The lowest BCUT2D eigenvalue weighted by molar-refractivity contribution is 0.0992. The van der Waals surface area contributed by atoms with Gasteiger partial charge in [0.25, 0.3) is 0 Å². The second kappa shape index (κ2) is 11.5. The number of carbonyl (C=O) groups excluding carboxylic acids is 1. The highest BCUT2D eigenvalue weighted by Gasteiger charge is 2.25. The van der Waals surface area contributed by atoms with E-state index in [0.717, 1.165) is 41.7 Å². The first-order chi connectivity index (χ1) is 16.8. The minimum absolute atomic E-state index is 0.157. The third-order valence-electron chi connectivity index (χ3n) is 6.82. The van der Waals surface area contributed by atoms with Crippen LogP contribution in [0.4, 0.5) is 0 Å². The van der Waals surface area contributed by atoms with Gasteiger partial charge in [-0.3, -0.25) is 9.69 Å². The Bertz CT molecular complexity index is 1130. The van der Waals surface area contributed by atoms with E-state index in [9.17, 15) is 4.79 Å². The number of thioether (sulfide) groups is 1. The Morgan fingerprint density at radius 1 is 0.914 bits per heavy atom. The number of hydrogen-bond donors (Lipinski definition) is 0. The zero-order valence-corrected chi connectivity index (χ0v) is 22.5. The molecule has 0 aliphatic carbocycles. The molecule has 0 bridgehead atoms. The predicted octanol–water partition coefficient (Wildman–Crippen LogP) is 6.53. The van der Waals surface area contributed by atoms with Crippen LogP contribution < -0.4 is 0 Å². The van der Waals surface area contributed by atoms with Crippen LogP contribution in [0.2, 0.25) is 0 Å². The fraction of sp³-hybridized carbons (Fsp3) is 0.483. The van der Waals surface area contributed by atoms with Crippen LogP contribution in [-0.2, 0) is 13.1 Å². The van der Waals surface area contributed by atoms with E-state index < -0.39 is 0 Å². The van der Waals surface area contributed by atoms with E-state index in [1.807, 2.05) is 19.1 Å². The van der Waals surface area contributed by atoms with E-state index in [4.69, 9.17) is 0 Å². The van der Waals surface area contributed by atoms with Gasteiger partial charge in [0.1, 0.15) is 5.82 Å². The summed E-state index contributed by atoms with van der Waals surface area (Å²) >= 11 is 1.52. The standard InChI is InChI=1S/C29H38N4OS/c1-20(2)24-13-14-25(26(17-24)21(3)4)28(34)22(5)35-29-31-30-27(19-32-15-9-10-16-32)33(29)18-23-11-7-6-8-12-23/h6-8,11-14,17,20-22H,9-10,15-16,18-19H2,1-5H3/t22-/m0/s1. The van der Waals surface area contributed by atoms with Gasteiger partial charge in [-0.05, 0) is 61.4 Å². The highest BCUT2D eigenvalue weighted by atomic mass is 32.2. The van der Waals surface area contributed by atoms with Crippen LogP contribution in [-0.4, -0.2) is 43.8 Å². The molecular weight excluding hydrogens is 452 g/mol. The van der Waals surface area contributed by atoms with Crippen molar-refractivity contribution in [2.75, 3.05) is 13.1 Å². The SMILES string of the molecule is CC(C)c1ccc(C(=O)[C@H](C)Sc2nnc(CN3CCCC3)n2Cc2ccccc2)c(C(C)C)c1. The van der Waals surface area contributed by atoms with Gasteiger partial charge in [0.05, 0.1) is 18.3 Å². The van der Waals surface area contributed by atoms with Crippen LogP contribution in [0.5, 0.6) is 0 Å². The largest absolute Gasteiger partial charge is 0.300 e. The Morgan fingerprint density at radius 2 is 1.63 bits per heavy atom.